The first kappa shape index (κ1) is 32.4. The zero-order valence-corrected chi connectivity index (χ0v) is 27.1. The first-order chi connectivity index (χ1) is 21.8. The molecule has 1 aromatic carbocycles. The summed E-state index contributed by atoms with van der Waals surface area (Å²) in [5, 5.41) is 2.87. The third kappa shape index (κ3) is 6.62. The number of nitrogens with one attached hydrogen (secondary N) is 1. The van der Waals surface area contributed by atoms with Gasteiger partial charge in [-0.1, -0.05) is 40.5 Å². The average molecular weight is 643 g/mol. The number of fused-ring (bicyclic) bond motifs is 7. The van der Waals surface area contributed by atoms with Crippen LogP contribution in [-0.2, 0) is 20.7 Å². The molecule has 2 unspecified atom stereocenters. The number of alkyl halides is 2. The van der Waals surface area contributed by atoms with Gasteiger partial charge in [0.25, 0.3) is 0 Å². The zero-order chi connectivity index (χ0) is 32.9. The molecule has 1 N–H and O–H groups in total. The summed E-state index contributed by atoms with van der Waals surface area (Å²) in [4.78, 5) is 51.6. The molecule has 2 aliphatic heterocycles. The van der Waals surface area contributed by atoms with Crippen molar-refractivity contribution in [3.05, 3.63) is 23.9 Å². The molecule has 2 bridgehead atoms. The van der Waals surface area contributed by atoms with Crippen molar-refractivity contribution >= 4 is 28.8 Å². The van der Waals surface area contributed by atoms with Gasteiger partial charge in [0.1, 0.15) is 29.7 Å². The average Bonchev–Trinajstić information content (AvgIpc) is 3.53. The maximum Gasteiger partial charge on any atom is 0.408 e. The fraction of sp³-hybridized carbons (Fsp3) is 0.676. The summed E-state index contributed by atoms with van der Waals surface area (Å²) < 4.78 is 43.0. The van der Waals surface area contributed by atoms with Crippen molar-refractivity contribution in [1.82, 2.24) is 20.2 Å². The highest BCUT2D eigenvalue weighted by Crippen LogP contribution is 2.57. The molecule has 250 valence electrons. The van der Waals surface area contributed by atoms with E-state index in [9.17, 15) is 23.2 Å². The van der Waals surface area contributed by atoms with Crippen molar-refractivity contribution in [2.75, 3.05) is 6.54 Å². The fourth-order valence-corrected chi connectivity index (χ4v) is 7.86. The Labute approximate surface area is 267 Å². The largest absolute Gasteiger partial charge is 0.471 e. The van der Waals surface area contributed by atoms with E-state index in [1.165, 1.54) is 30.4 Å². The number of ketones is 1. The van der Waals surface area contributed by atoms with Crippen LogP contribution in [0.2, 0.25) is 0 Å². The maximum atomic E-state index is 14.2. The monoisotopic (exact) mass is 642 g/mol. The van der Waals surface area contributed by atoms with Crippen LogP contribution >= 0.6 is 0 Å². The summed E-state index contributed by atoms with van der Waals surface area (Å²) in [5.74, 6) is 0.700. The smallest absolute Gasteiger partial charge is 0.408 e. The number of nitrogens with zero attached hydrogens (tertiary/aromatic N) is 3. The topological polar surface area (TPSA) is 120 Å². The third-order valence-electron chi connectivity index (χ3n) is 10.3. The lowest BCUT2D eigenvalue weighted by Crippen LogP contribution is -2.57. The number of halogens is 2. The number of ether oxygens (including phenoxy) is 3. The Morgan fingerprint density at radius 3 is 2.54 bits per heavy atom. The number of alkyl carbamates (subject to hydrolysis) is 1. The molecule has 1 saturated heterocycles. The lowest BCUT2D eigenvalue weighted by atomic mass is 9.85. The highest BCUT2D eigenvalue weighted by Gasteiger charge is 2.55. The summed E-state index contributed by atoms with van der Waals surface area (Å²) in [6.07, 6.45) is 4.91. The van der Waals surface area contributed by atoms with Crippen LogP contribution in [0.4, 0.5) is 13.6 Å². The summed E-state index contributed by atoms with van der Waals surface area (Å²) in [7, 11) is 0. The molecule has 2 aromatic rings. The Morgan fingerprint density at radius 1 is 1.04 bits per heavy atom. The SMILES string of the molecule is CC(=O)[C@@H]1[C@H](C)[C@@H]2CN1C(=O)[C@H](C(C)(C)C)NC(=O)O[C@@H]1CC3CC3[C@H]1CCCCCc1nc3ccc(OC(F)F)cc3nc1O2. The van der Waals surface area contributed by atoms with E-state index >= 15 is 0 Å². The van der Waals surface area contributed by atoms with Gasteiger partial charge in [-0.15, -0.1) is 0 Å². The Bertz CT molecular complexity index is 1500. The number of amides is 2. The van der Waals surface area contributed by atoms with E-state index in [0.717, 1.165) is 32.1 Å². The fourth-order valence-electron chi connectivity index (χ4n) is 7.86. The summed E-state index contributed by atoms with van der Waals surface area (Å²) in [6, 6.07) is 2.72. The first-order valence-corrected chi connectivity index (χ1v) is 16.5. The van der Waals surface area contributed by atoms with Crippen LogP contribution in [0.3, 0.4) is 0 Å². The number of hydrogen-bond donors (Lipinski definition) is 1. The second kappa shape index (κ2) is 12.6. The Hall–Kier alpha value is -3.57. The molecular weight excluding hydrogens is 598 g/mol. The van der Waals surface area contributed by atoms with E-state index in [0.29, 0.717) is 40.9 Å². The van der Waals surface area contributed by atoms with Crippen LogP contribution in [0.5, 0.6) is 11.6 Å². The van der Waals surface area contributed by atoms with Gasteiger partial charge in [0.15, 0.2) is 5.78 Å². The van der Waals surface area contributed by atoms with E-state index in [4.69, 9.17) is 19.4 Å². The highest BCUT2D eigenvalue weighted by molar-refractivity contribution is 5.92. The molecular formula is C34H44F2N4O6. The molecule has 8 atom stereocenters. The molecule has 4 aliphatic rings. The van der Waals surface area contributed by atoms with Gasteiger partial charge in [-0.25, -0.2) is 14.8 Å². The minimum Gasteiger partial charge on any atom is -0.471 e. The van der Waals surface area contributed by atoms with Gasteiger partial charge in [0.05, 0.1) is 23.6 Å². The quantitative estimate of drug-likeness (QED) is 0.453. The van der Waals surface area contributed by atoms with Crippen molar-refractivity contribution in [3.8, 4) is 11.6 Å². The van der Waals surface area contributed by atoms with Crippen LogP contribution < -0.4 is 14.8 Å². The molecule has 3 heterocycles. The van der Waals surface area contributed by atoms with Crippen LogP contribution in [0, 0.1) is 29.1 Å². The van der Waals surface area contributed by atoms with Gasteiger partial charge in [-0.3, -0.25) is 9.59 Å². The predicted molar refractivity (Wildman–Crippen MR) is 164 cm³/mol. The molecule has 46 heavy (non-hydrogen) atoms. The van der Waals surface area contributed by atoms with Gasteiger partial charge in [-0.05, 0) is 74.3 Å². The number of benzene rings is 1. The molecule has 2 aliphatic carbocycles. The second-order valence-electron chi connectivity index (χ2n) is 14.6. The van der Waals surface area contributed by atoms with Crippen molar-refractivity contribution in [2.24, 2.45) is 29.1 Å². The Balaban J connectivity index is 1.36. The standard InChI is InChI=1S/C34H44F2N4O6/c1-17-27-16-40(28(17)18(2)41)31(42)29(34(3,4)5)39-33(43)46-26-14-19-13-22(19)21(26)9-7-6-8-10-24-30(45-27)38-25-15-20(44-32(35)36)11-12-23(25)37-24/h11-12,15,17,19,21-22,26-29,32H,6-10,13-14,16H2,1-5H3,(H,39,43)/t17-,19?,21-,22?,26-,27+,28+,29-/m1/s1. The minimum absolute atomic E-state index is 0.0399. The molecule has 2 amide bonds. The number of rotatable bonds is 3. The second-order valence-corrected chi connectivity index (χ2v) is 14.6. The van der Waals surface area contributed by atoms with Crippen molar-refractivity contribution in [3.63, 3.8) is 0 Å². The Morgan fingerprint density at radius 2 is 1.83 bits per heavy atom. The number of aromatic nitrogens is 2. The molecule has 2 saturated carbocycles. The van der Waals surface area contributed by atoms with Gasteiger partial charge < -0.3 is 24.4 Å². The molecule has 6 rings (SSSR count). The third-order valence-corrected chi connectivity index (χ3v) is 10.3. The predicted octanol–water partition coefficient (Wildman–Crippen LogP) is 5.70. The highest BCUT2D eigenvalue weighted by atomic mass is 19.3. The number of Topliss-reactive ketones (excluding diaryl/α,β-unsaturated/α-hetero) is 1. The Kier molecular flexibility index (Phi) is 8.84. The first-order valence-electron chi connectivity index (χ1n) is 16.5. The van der Waals surface area contributed by atoms with E-state index in [1.807, 2.05) is 27.7 Å². The van der Waals surface area contributed by atoms with E-state index < -0.39 is 42.2 Å². The van der Waals surface area contributed by atoms with E-state index in [-0.39, 0.29) is 36.0 Å². The maximum absolute atomic E-state index is 14.2. The van der Waals surface area contributed by atoms with Crippen LogP contribution in [0.1, 0.15) is 78.8 Å². The van der Waals surface area contributed by atoms with Gasteiger partial charge in [0, 0.05) is 12.0 Å². The number of carbonyl (C=O) groups is 3. The number of aryl methyl sites for hydroxylation is 1. The van der Waals surface area contributed by atoms with Gasteiger partial charge in [-0.2, -0.15) is 8.78 Å². The zero-order valence-electron chi connectivity index (χ0n) is 27.1. The molecule has 0 radical (unpaired) electrons. The minimum atomic E-state index is -2.98. The summed E-state index contributed by atoms with van der Waals surface area (Å²) >= 11 is 0. The molecule has 12 heteroatoms. The molecule has 3 fully saturated rings. The summed E-state index contributed by atoms with van der Waals surface area (Å²) in [5.41, 5.74) is 0.824. The van der Waals surface area contributed by atoms with E-state index in [1.54, 1.807) is 6.07 Å². The van der Waals surface area contributed by atoms with Crippen molar-refractivity contribution < 1.29 is 37.4 Å². The van der Waals surface area contributed by atoms with Crippen molar-refractivity contribution in [2.45, 2.75) is 110 Å². The lowest BCUT2D eigenvalue weighted by molar-refractivity contribution is -0.141. The number of carbonyl (C=O) groups excluding carboxylic acids is 3. The molecule has 10 nitrogen and oxygen atoms in total. The van der Waals surface area contributed by atoms with Gasteiger partial charge >= 0.3 is 12.7 Å². The van der Waals surface area contributed by atoms with Crippen LogP contribution in [0.15, 0.2) is 18.2 Å². The van der Waals surface area contributed by atoms with Crippen molar-refractivity contribution in [1.29, 1.82) is 0 Å². The van der Waals surface area contributed by atoms with Crippen LogP contribution in [-0.4, -0.2) is 70.1 Å². The number of hydrogen-bond acceptors (Lipinski definition) is 8. The lowest BCUT2D eigenvalue weighted by Gasteiger charge is -2.35. The van der Waals surface area contributed by atoms with Gasteiger partial charge in [0.2, 0.25) is 11.8 Å². The molecule has 0 spiro atoms. The normalized spacial score (nSPS) is 32.0. The van der Waals surface area contributed by atoms with E-state index in [2.05, 4.69) is 10.1 Å². The molecule has 1 aromatic heterocycles. The summed E-state index contributed by atoms with van der Waals surface area (Å²) in [6.45, 7) is 6.03. The van der Waals surface area contributed by atoms with Crippen LogP contribution in [0.25, 0.3) is 11.0 Å².